The molecule has 6 heteroatoms. The second-order valence-corrected chi connectivity index (χ2v) is 7.27. The first-order valence-electron chi connectivity index (χ1n) is 9.01. The van der Waals surface area contributed by atoms with E-state index >= 15 is 0 Å². The van der Waals surface area contributed by atoms with Crippen molar-refractivity contribution in [3.05, 3.63) is 35.7 Å². The summed E-state index contributed by atoms with van der Waals surface area (Å²) in [5, 5.41) is 3.32. The maximum absolute atomic E-state index is 11.8. The van der Waals surface area contributed by atoms with Crippen molar-refractivity contribution < 1.29 is 14.3 Å². The van der Waals surface area contributed by atoms with Crippen molar-refractivity contribution in [1.82, 2.24) is 0 Å². The Balaban J connectivity index is 2.10. The molecule has 0 aliphatic carbocycles. The Kier molecular flexibility index (Phi) is 6.66. The molecule has 1 aromatic rings. The highest BCUT2D eigenvalue weighted by molar-refractivity contribution is 6.23. The topological polar surface area (TPSA) is 85.9 Å². The SMILES string of the molecule is CCNc1ccc2c(c1)C(C/C(=C/N)N=CC(=O)OC(C)(C)C)CCO2. The molecule has 1 aromatic carbocycles. The number of allylic oxidation sites excluding steroid dienone is 1. The number of fused-ring (bicyclic) bond motifs is 1. The summed E-state index contributed by atoms with van der Waals surface area (Å²) < 4.78 is 11.0. The number of nitrogens with zero attached hydrogens (tertiary/aromatic N) is 1. The van der Waals surface area contributed by atoms with E-state index < -0.39 is 11.6 Å². The van der Waals surface area contributed by atoms with E-state index in [0.717, 1.165) is 30.0 Å². The molecule has 1 aliphatic rings. The number of hydrogen-bond donors (Lipinski definition) is 2. The van der Waals surface area contributed by atoms with Gasteiger partial charge in [0, 0.05) is 18.4 Å². The minimum absolute atomic E-state index is 0.239. The Bertz CT molecular complexity index is 690. The molecule has 1 unspecified atom stereocenters. The van der Waals surface area contributed by atoms with E-state index in [1.807, 2.05) is 32.9 Å². The summed E-state index contributed by atoms with van der Waals surface area (Å²) in [6.07, 6.45) is 4.16. The fourth-order valence-electron chi connectivity index (χ4n) is 2.87. The third-order valence-corrected chi connectivity index (χ3v) is 3.94. The second-order valence-electron chi connectivity index (χ2n) is 7.27. The molecule has 0 aromatic heterocycles. The van der Waals surface area contributed by atoms with Gasteiger partial charge in [0.2, 0.25) is 0 Å². The summed E-state index contributed by atoms with van der Waals surface area (Å²) in [6.45, 7) is 9.04. The number of carbonyl (C=O) groups is 1. The summed E-state index contributed by atoms with van der Waals surface area (Å²) >= 11 is 0. The lowest BCUT2D eigenvalue weighted by atomic mass is 9.89. The Morgan fingerprint density at radius 2 is 2.23 bits per heavy atom. The van der Waals surface area contributed by atoms with Crippen LogP contribution in [0.1, 0.15) is 52.0 Å². The number of anilines is 1. The van der Waals surface area contributed by atoms with E-state index in [-0.39, 0.29) is 5.92 Å². The molecule has 1 heterocycles. The zero-order valence-corrected chi connectivity index (χ0v) is 16.0. The van der Waals surface area contributed by atoms with Crippen LogP contribution in [0.5, 0.6) is 5.75 Å². The van der Waals surface area contributed by atoms with Crippen molar-refractivity contribution >= 4 is 17.9 Å². The Morgan fingerprint density at radius 3 is 2.88 bits per heavy atom. The van der Waals surface area contributed by atoms with Crippen LogP contribution < -0.4 is 15.8 Å². The van der Waals surface area contributed by atoms with E-state index in [2.05, 4.69) is 23.3 Å². The number of esters is 1. The van der Waals surface area contributed by atoms with Gasteiger partial charge < -0.3 is 20.5 Å². The molecule has 1 aliphatic heterocycles. The largest absolute Gasteiger partial charge is 0.493 e. The number of aliphatic imine (C=N–C) groups is 1. The average molecular weight is 359 g/mol. The highest BCUT2D eigenvalue weighted by Crippen LogP contribution is 2.39. The molecule has 0 spiro atoms. The van der Waals surface area contributed by atoms with Crippen LogP contribution in [0.2, 0.25) is 0 Å². The van der Waals surface area contributed by atoms with Gasteiger partial charge in [-0.2, -0.15) is 0 Å². The van der Waals surface area contributed by atoms with Gasteiger partial charge in [-0.15, -0.1) is 0 Å². The molecule has 6 nitrogen and oxygen atoms in total. The molecule has 0 radical (unpaired) electrons. The fraction of sp³-hybridized carbons (Fsp3) is 0.500. The maximum atomic E-state index is 11.8. The molecule has 0 saturated heterocycles. The van der Waals surface area contributed by atoms with Gasteiger partial charge in [-0.05, 0) is 70.2 Å². The number of rotatable bonds is 6. The first-order valence-corrected chi connectivity index (χ1v) is 9.01. The minimum atomic E-state index is -0.544. The van der Waals surface area contributed by atoms with Crippen molar-refractivity contribution in [1.29, 1.82) is 0 Å². The van der Waals surface area contributed by atoms with E-state index in [0.29, 0.717) is 18.7 Å². The predicted octanol–water partition coefficient (Wildman–Crippen LogP) is 3.59. The van der Waals surface area contributed by atoms with Gasteiger partial charge in [-0.1, -0.05) is 0 Å². The van der Waals surface area contributed by atoms with Gasteiger partial charge in [-0.3, -0.25) is 4.99 Å². The fourth-order valence-corrected chi connectivity index (χ4v) is 2.87. The third-order valence-electron chi connectivity index (χ3n) is 3.94. The van der Waals surface area contributed by atoms with Gasteiger partial charge in [0.15, 0.2) is 0 Å². The van der Waals surface area contributed by atoms with Crippen molar-refractivity contribution in [2.45, 2.75) is 52.1 Å². The molecule has 0 bridgehead atoms. The Labute approximate surface area is 155 Å². The van der Waals surface area contributed by atoms with Crippen LogP contribution in [0.15, 0.2) is 35.1 Å². The molecule has 142 valence electrons. The second kappa shape index (κ2) is 8.74. The van der Waals surface area contributed by atoms with Gasteiger partial charge in [0.1, 0.15) is 17.6 Å². The lowest BCUT2D eigenvalue weighted by Gasteiger charge is -2.26. The van der Waals surface area contributed by atoms with E-state index in [4.69, 9.17) is 15.2 Å². The number of ether oxygens (including phenoxy) is 2. The number of nitrogens with two attached hydrogens (primary N) is 1. The summed E-state index contributed by atoms with van der Waals surface area (Å²) in [6, 6.07) is 6.13. The van der Waals surface area contributed by atoms with Crippen molar-refractivity contribution in [2.24, 2.45) is 10.7 Å². The third kappa shape index (κ3) is 5.79. The maximum Gasteiger partial charge on any atom is 0.349 e. The number of carbonyl (C=O) groups excluding carboxylic acids is 1. The van der Waals surface area contributed by atoms with E-state index in [1.165, 1.54) is 12.4 Å². The monoisotopic (exact) mass is 359 g/mol. The van der Waals surface area contributed by atoms with Crippen LogP contribution in [-0.4, -0.2) is 30.9 Å². The van der Waals surface area contributed by atoms with Gasteiger partial charge in [0.25, 0.3) is 0 Å². The zero-order valence-electron chi connectivity index (χ0n) is 16.0. The lowest BCUT2D eigenvalue weighted by molar-refractivity contribution is -0.145. The molecular weight excluding hydrogens is 330 g/mol. The quantitative estimate of drug-likeness (QED) is 0.599. The molecular formula is C20H29N3O3. The van der Waals surface area contributed by atoms with E-state index in [9.17, 15) is 4.79 Å². The smallest absolute Gasteiger partial charge is 0.349 e. The molecule has 2 rings (SSSR count). The number of benzene rings is 1. The van der Waals surface area contributed by atoms with E-state index in [1.54, 1.807) is 0 Å². The van der Waals surface area contributed by atoms with Crippen LogP contribution in [0.25, 0.3) is 0 Å². The molecule has 1 atom stereocenters. The van der Waals surface area contributed by atoms with Gasteiger partial charge in [-0.25, -0.2) is 4.79 Å². The Hall–Kier alpha value is -2.50. The molecule has 3 N–H and O–H groups in total. The van der Waals surface area contributed by atoms with Crippen molar-refractivity contribution in [3.8, 4) is 5.75 Å². The van der Waals surface area contributed by atoms with Crippen LogP contribution in [-0.2, 0) is 9.53 Å². The minimum Gasteiger partial charge on any atom is -0.493 e. The average Bonchev–Trinajstić information content (AvgIpc) is 2.57. The summed E-state index contributed by atoms with van der Waals surface area (Å²) in [4.78, 5) is 16.1. The summed E-state index contributed by atoms with van der Waals surface area (Å²) in [7, 11) is 0. The normalized spacial score (nSPS) is 17.5. The lowest BCUT2D eigenvalue weighted by Crippen LogP contribution is -2.24. The van der Waals surface area contributed by atoms with Crippen LogP contribution in [0.3, 0.4) is 0 Å². The molecule has 0 fully saturated rings. The number of nitrogens with one attached hydrogen (secondary N) is 1. The Morgan fingerprint density at radius 1 is 1.46 bits per heavy atom. The molecule has 26 heavy (non-hydrogen) atoms. The molecule has 0 saturated carbocycles. The summed E-state index contributed by atoms with van der Waals surface area (Å²) in [5.41, 5.74) is 8.05. The van der Waals surface area contributed by atoms with Crippen LogP contribution >= 0.6 is 0 Å². The van der Waals surface area contributed by atoms with Crippen molar-refractivity contribution in [3.63, 3.8) is 0 Å². The highest BCUT2D eigenvalue weighted by Gasteiger charge is 2.23. The number of hydrogen-bond acceptors (Lipinski definition) is 6. The first-order chi connectivity index (χ1) is 12.3. The zero-order chi connectivity index (χ0) is 19.2. The van der Waals surface area contributed by atoms with Crippen molar-refractivity contribution in [2.75, 3.05) is 18.5 Å². The standard InChI is InChI=1S/C20H29N3O3/c1-5-22-15-6-7-18-17(11-15)14(8-9-25-18)10-16(12-21)23-13-19(24)26-20(2,3)4/h6-7,11-14,22H,5,8-10,21H2,1-4H3/b16-12-,23-13?. The van der Waals surface area contributed by atoms with Crippen LogP contribution in [0.4, 0.5) is 5.69 Å². The predicted molar refractivity (Wildman–Crippen MR) is 105 cm³/mol. The first kappa shape index (κ1) is 19.8. The molecule has 0 amide bonds. The highest BCUT2D eigenvalue weighted by atomic mass is 16.6. The summed E-state index contributed by atoms with van der Waals surface area (Å²) in [5.74, 6) is 0.664. The van der Waals surface area contributed by atoms with Gasteiger partial charge >= 0.3 is 5.97 Å². The van der Waals surface area contributed by atoms with Crippen LogP contribution in [0, 0.1) is 0 Å². The van der Waals surface area contributed by atoms with Gasteiger partial charge in [0.05, 0.1) is 12.3 Å².